The van der Waals surface area contributed by atoms with Crippen molar-refractivity contribution in [2.45, 2.75) is 39.5 Å². The van der Waals surface area contributed by atoms with Crippen LogP contribution in [0.5, 0.6) is 0 Å². The molecule has 1 heterocycles. The molecule has 2 rings (SSSR count). The number of rotatable bonds is 4. The Morgan fingerprint density at radius 1 is 1.33 bits per heavy atom. The fraction of sp³-hybridized carbons (Fsp3) is 0.562. The molecule has 0 unspecified atom stereocenters. The minimum Gasteiger partial charge on any atom is -0.371 e. The highest BCUT2D eigenvalue weighted by Crippen LogP contribution is 2.28. The molecule has 1 aromatic rings. The van der Waals surface area contributed by atoms with Crippen molar-refractivity contribution < 1.29 is 0 Å². The van der Waals surface area contributed by atoms with Crippen LogP contribution in [-0.2, 0) is 6.42 Å². The lowest BCUT2D eigenvalue weighted by Crippen LogP contribution is -2.30. The summed E-state index contributed by atoms with van der Waals surface area (Å²) in [7, 11) is 0. The second-order valence-electron chi connectivity index (χ2n) is 5.82. The Labute approximate surface area is 110 Å². The third-order valence-corrected chi connectivity index (χ3v) is 3.74. The fourth-order valence-corrected chi connectivity index (χ4v) is 2.61. The third-order valence-electron chi connectivity index (χ3n) is 3.74. The Hall–Kier alpha value is -1.49. The van der Waals surface area contributed by atoms with Gasteiger partial charge in [0.1, 0.15) is 0 Å². The van der Waals surface area contributed by atoms with Crippen LogP contribution >= 0.6 is 0 Å². The molecule has 0 spiro atoms. The zero-order chi connectivity index (χ0) is 13.0. The van der Waals surface area contributed by atoms with Gasteiger partial charge in [-0.1, -0.05) is 18.2 Å². The minimum atomic E-state index is -0.185. The van der Waals surface area contributed by atoms with Gasteiger partial charge < -0.3 is 4.90 Å². The molecule has 18 heavy (non-hydrogen) atoms. The predicted octanol–water partition coefficient (Wildman–Crippen LogP) is 3.77. The number of para-hydroxylation sites is 1. The van der Waals surface area contributed by atoms with Gasteiger partial charge in [-0.2, -0.15) is 5.26 Å². The topological polar surface area (TPSA) is 27.0 Å². The number of fused-ring (bicyclic) bond motifs is 1. The summed E-state index contributed by atoms with van der Waals surface area (Å²) in [5, 5.41) is 9.03. The molecule has 0 amide bonds. The highest BCUT2D eigenvalue weighted by Gasteiger charge is 2.19. The molecule has 1 aliphatic heterocycles. The first-order valence-corrected chi connectivity index (χ1v) is 6.86. The maximum atomic E-state index is 9.03. The molecule has 2 heteroatoms. The fourth-order valence-electron chi connectivity index (χ4n) is 2.61. The summed E-state index contributed by atoms with van der Waals surface area (Å²) < 4.78 is 0. The smallest absolute Gasteiger partial charge is 0.0683 e. The highest BCUT2D eigenvalue weighted by atomic mass is 15.1. The van der Waals surface area contributed by atoms with E-state index in [-0.39, 0.29) is 5.41 Å². The molecular formula is C16H22N2. The molecule has 0 fully saturated rings. The summed E-state index contributed by atoms with van der Waals surface area (Å²) in [4.78, 5) is 2.48. The van der Waals surface area contributed by atoms with Crippen LogP contribution in [0.3, 0.4) is 0 Å². The molecule has 1 aliphatic rings. The maximum Gasteiger partial charge on any atom is 0.0683 e. The van der Waals surface area contributed by atoms with E-state index in [9.17, 15) is 0 Å². The molecule has 0 N–H and O–H groups in total. The number of anilines is 1. The van der Waals surface area contributed by atoms with E-state index in [0.29, 0.717) is 0 Å². The Morgan fingerprint density at radius 3 is 2.89 bits per heavy atom. The van der Waals surface area contributed by atoms with Crippen molar-refractivity contribution in [3.63, 3.8) is 0 Å². The van der Waals surface area contributed by atoms with Crippen LogP contribution in [0.25, 0.3) is 0 Å². The van der Waals surface area contributed by atoms with Gasteiger partial charge in [-0.15, -0.1) is 0 Å². The van der Waals surface area contributed by atoms with Crippen molar-refractivity contribution >= 4 is 5.69 Å². The van der Waals surface area contributed by atoms with Crippen molar-refractivity contribution in [1.29, 1.82) is 5.26 Å². The van der Waals surface area contributed by atoms with Crippen molar-refractivity contribution in [2.75, 3.05) is 18.0 Å². The van der Waals surface area contributed by atoms with Gasteiger partial charge in [-0.05, 0) is 51.2 Å². The van der Waals surface area contributed by atoms with E-state index < -0.39 is 0 Å². The van der Waals surface area contributed by atoms with Gasteiger partial charge in [0.15, 0.2) is 0 Å². The molecular weight excluding hydrogens is 220 g/mol. The molecule has 0 aromatic heterocycles. The van der Waals surface area contributed by atoms with E-state index in [4.69, 9.17) is 5.26 Å². The average molecular weight is 242 g/mol. The lowest BCUT2D eigenvalue weighted by atomic mass is 9.89. The first-order valence-electron chi connectivity index (χ1n) is 6.86. The van der Waals surface area contributed by atoms with Crippen molar-refractivity contribution in [2.24, 2.45) is 5.41 Å². The molecule has 0 radical (unpaired) electrons. The van der Waals surface area contributed by atoms with Crippen LogP contribution in [0.2, 0.25) is 0 Å². The Bertz CT molecular complexity index is 443. The SMILES string of the molecule is CC(C)(C#N)CCCN1CCCc2ccccc21. The molecule has 0 aliphatic carbocycles. The van der Waals surface area contributed by atoms with Crippen LogP contribution in [-0.4, -0.2) is 13.1 Å². The largest absolute Gasteiger partial charge is 0.371 e. The lowest BCUT2D eigenvalue weighted by molar-refractivity contribution is 0.433. The summed E-state index contributed by atoms with van der Waals surface area (Å²) >= 11 is 0. The Morgan fingerprint density at radius 2 is 2.11 bits per heavy atom. The molecule has 0 atom stereocenters. The standard InChI is InChI=1S/C16H22N2/c1-16(2,13-17)10-6-12-18-11-5-8-14-7-3-4-9-15(14)18/h3-4,7,9H,5-6,8,10-12H2,1-2H3. The zero-order valence-corrected chi connectivity index (χ0v) is 11.4. The number of benzene rings is 1. The van der Waals surface area contributed by atoms with Crippen LogP contribution in [0.15, 0.2) is 24.3 Å². The predicted molar refractivity (Wildman–Crippen MR) is 75.6 cm³/mol. The molecule has 1 aromatic carbocycles. The van der Waals surface area contributed by atoms with Crippen molar-refractivity contribution in [3.8, 4) is 6.07 Å². The summed E-state index contributed by atoms with van der Waals surface area (Å²) in [6, 6.07) is 11.1. The Kier molecular flexibility index (Phi) is 3.91. The van der Waals surface area contributed by atoms with Crippen molar-refractivity contribution in [3.05, 3.63) is 29.8 Å². The quantitative estimate of drug-likeness (QED) is 0.803. The normalized spacial score (nSPS) is 15.1. The van der Waals surface area contributed by atoms with Gasteiger partial charge in [-0.25, -0.2) is 0 Å². The Balaban J connectivity index is 1.94. The summed E-state index contributed by atoms with van der Waals surface area (Å²) in [5.74, 6) is 0. The van der Waals surface area contributed by atoms with Crippen LogP contribution in [0.4, 0.5) is 5.69 Å². The first-order chi connectivity index (χ1) is 8.62. The van der Waals surface area contributed by atoms with E-state index in [1.54, 1.807) is 0 Å². The number of hydrogen-bond donors (Lipinski definition) is 0. The van der Waals surface area contributed by atoms with E-state index in [1.165, 1.54) is 24.1 Å². The second-order valence-corrected chi connectivity index (χ2v) is 5.82. The maximum absolute atomic E-state index is 9.03. The molecule has 96 valence electrons. The van der Waals surface area contributed by atoms with Crippen LogP contribution in [0, 0.1) is 16.7 Å². The number of hydrogen-bond acceptors (Lipinski definition) is 2. The summed E-state index contributed by atoms with van der Waals surface area (Å²) in [6.07, 6.45) is 4.52. The van der Waals surface area contributed by atoms with Crippen LogP contribution in [0.1, 0.15) is 38.7 Å². The van der Waals surface area contributed by atoms with Gasteiger partial charge in [-0.3, -0.25) is 0 Å². The molecule has 0 bridgehead atoms. The molecule has 0 saturated heterocycles. The van der Waals surface area contributed by atoms with Gasteiger partial charge in [0.25, 0.3) is 0 Å². The minimum absolute atomic E-state index is 0.185. The highest BCUT2D eigenvalue weighted by molar-refractivity contribution is 5.55. The van der Waals surface area contributed by atoms with E-state index >= 15 is 0 Å². The third kappa shape index (κ3) is 3.04. The van der Waals surface area contributed by atoms with Gasteiger partial charge in [0, 0.05) is 18.8 Å². The second kappa shape index (κ2) is 5.44. The van der Waals surface area contributed by atoms with Gasteiger partial charge in [0.2, 0.25) is 0 Å². The van der Waals surface area contributed by atoms with E-state index in [0.717, 1.165) is 25.9 Å². The summed E-state index contributed by atoms with van der Waals surface area (Å²) in [6.45, 7) is 6.28. The molecule has 2 nitrogen and oxygen atoms in total. The number of aryl methyl sites for hydroxylation is 1. The zero-order valence-electron chi connectivity index (χ0n) is 11.4. The van der Waals surface area contributed by atoms with Gasteiger partial charge in [0.05, 0.1) is 11.5 Å². The van der Waals surface area contributed by atoms with E-state index in [2.05, 4.69) is 35.2 Å². The average Bonchev–Trinajstić information content (AvgIpc) is 2.39. The summed E-state index contributed by atoms with van der Waals surface area (Å²) in [5.41, 5.74) is 2.69. The van der Waals surface area contributed by atoms with Crippen molar-refractivity contribution in [1.82, 2.24) is 0 Å². The number of nitrogens with zero attached hydrogens (tertiary/aromatic N) is 2. The van der Waals surface area contributed by atoms with Crippen LogP contribution < -0.4 is 4.90 Å². The van der Waals surface area contributed by atoms with Gasteiger partial charge >= 0.3 is 0 Å². The first kappa shape index (κ1) is 13.0. The van der Waals surface area contributed by atoms with E-state index in [1.807, 2.05) is 13.8 Å². The number of nitriles is 1. The lowest BCUT2D eigenvalue weighted by Gasteiger charge is -2.32. The monoisotopic (exact) mass is 242 g/mol. The molecule has 0 saturated carbocycles.